The van der Waals surface area contributed by atoms with Crippen LogP contribution in [-0.4, -0.2) is 127 Å². The summed E-state index contributed by atoms with van der Waals surface area (Å²) in [6.07, 6.45) is 9.89. The first-order valence-corrected chi connectivity index (χ1v) is 24.1. The number of piperidine rings is 4. The van der Waals surface area contributed by atoms with E-state index in [1.807, 2.05) is 0 Å². The first-order valence-electron chi connectivity index (χ1n) is 24.1. The standard InChI is InChI=1S/C51H78N6O4/c1-38-34-54(42-21-29-52(30-22-42)35-39-17-11-9-12-18-39)46(58)44(38)60-57-50(6,7)27-16-28-51(57,8)33-41-37-55(43-23-31-53(32-24-43)36-40-19-13-10-14-20-40)47(59)45(41)61-56-48(2,3)25-15-26-49(56,4)5/h9-14,17-20,38,41-45H,15-16,21-37H2,1-8H3/t38-,41+,44+,45-,51?/m1/s1. The van der Waals surface area contributed by atoms with Crippen molar-refractivity contribution in [2.24, 2.45) is 11.8 Å². The van der Waals surface area contributed by atoms with Gasteiger partial charge >= 0.3 is 0 Å². The van der Waals surface area contributed by atoms with Crippen LogP contribution < -0.4 is 0 Å². The molecule has 61 heavy (non-hydrogen) atoms. The monoisotopic (exact) mass is 839 g/mol. The van der Waals surface area contributed by atoms with E-state index in [9.17, 15) is 9.59 Å². The van der Waals surface area contributed by atoms with Gasteiger partial charge in [-0.2, -0.15) is 10.1 Å². The second-order valence-electron chi connectivity index (χ2n) is 22.2. The van der Waals surface area contributed by atoms with Crippen molar-refractivity contribution in [2.75, 3.05) is 39.3 Å². The number of hydroxylamine groups is 4. The number of benzene rings is 2. The van der Waals surface area contributed by atoms with Crippen LogP contribution in [0, 0.1) is 11.8 Å². The lowest BCUT2D eigenvalue weighted by Crippen LogP contribution is -2.63. The molecule has 2 aromatic rings. The Kier molecular flexibility index (Phi) is 13.2. The average Bonchev–Trinajstić information content (AvgIpc) is 3.67. The molecule has 1 unspecified atom stereocenters. The largest absolute Gasteiger partial charge is 0.337 e. The first-order chi connectivity index (χ1) is 29.0. The van der Waals surface area contributed by atoms with Crippen LogP contribution >= 0.6 is 0 Å². The van der Waals surface area contributed by atoms with Gasteiger partial charge in [0, 0.05) is 98.4 Å². The maximum Gasteiger partial charge on any atom is 0.254 e. The van der Waals surface area contributed by atoms with E-state index in [-0.39, 0.29) is 57.9 Å². The topological polar surface area (TPSA) is 72.0 Å². The van der Waals surface area contributed by atoms with E-state index in [1.54, 1.807) is 0 Å². The lowest BCUT2D eigenvalue weighted by Gasteiger charge is -2.55. The van der Waals surface area contributed by atoms with Crippen LogP contribution in [0.4, 0.5) is 0 Å². The third kappa shape index (κ3) is 9.66. The molecule has 5 atom stereocenters. The minimum Gasteiger partial charge on any atom is -0.337 e. The number of nitrogens with zero attached hydrogens (tertiary/aromatic N) is 6. The van der Waals surface area contributed by atoms with E-state index >= 15 is 0 Å². The molecule has 0 saturated carbocycles. The molecule has 0 aliphatic carbocycles. The summed E-state index contributed by atoms with van der Waals surface area (Å²) in [6.45, 7) is 25.6. The first kappa shape index (κ1) is 44.7. The van der Waals surface area contributed by atoms with Gasteiger partial charge in [0.05, 0.1) is 0 Å². The molecule has 6 aliphatic heterocycles. The van der Waals surface area contributed by atoms with Crippen LogP contribution in [0.1, 0.15) is 137 Å². The van der Waals surface area contributed by atoms with Gasteiger partial charge in [-0.05, 0) is 130 Å². The second-order valence-corrected chi connectivity index (χ2v) is 22.2. The Hall–Kier alpha value is -2.86. The molecule has 0 N–H and O–H groups in total. The maximum atomic E-state index is 15.0. The molecule has 10 nitrogen and oxygen atoms in total. The van der Waals surface area contributed by atoms with E-state index in [0.29, 0.717) is 6.54 Å². The van der Waals surface area contributed by atoms with Crippen molar-refractivity contribution in [3.8, 4) is 0 Å². The van der Waals surface area contributed by atoms with Crippen LogP contribution in [-0.2, 0) is 32.4 Å². The number of hydrogen-bond donors (Lipinski definition) is 0. The molecule has 6 heterocycles. The summed E-state index contributed by atoms with van der Waals surface area (Å²) in [5.41, 5.74) is 1.67. The van der Waals surface area contributed by atoms with Crippen molar-refractivity contribution < 1.29 is 19.3 Å². The van der Waals surface area contributed by atoms with E-state index < -0.39 is 12.2 Å². The highest BCUT2D eigenvalue weighted by molar-refractivity contribution is 5.84. The predicted octanol–water partition coefficient (Wildman–Crippen LogP) is 8.31. The van der Waals surface area contributed by atoms with Gasteiger partial charge in [-0.25, -0.2) is 0 Å². The second kappa shape index (κ2) is 18.0. The lowest BCUT2D eigenvalue weighted by atomic mass is 9.75. The van der Waals surface area contributed by atoms with Crippen LogP contribution in [0.25, 0.3) is 0 Å². The fourth-order valence-electron chi connectivity index (χ4n) is 12.6. The molecule has 0 bridgehead atoms. The molecule has 0 spiro atoms. The van der Waals surface area contributed by atoms with E-state index in [1.165, 1.54) is 11.1 Å². The van der Waals surface area contributed by atoms with Crippen molar-refractivity contribution in [3.63, 3.8) is 0 Å². The van der Waals surface area contributed by atoms with Gasteiger partial charge in [-0.15, -0.1) is 0 Å². The Morgan fingerprint density at radius 1 is 0.557 bits per heavy atom. The van der Waals surface area contributed by atoms with Crippen LogP contribution in [0.15, 0.2) is 60.7 Å². The summed E-state index contributed by atoms with van der Waals surface area (Å²) in [4.78, 5) is 53.3. The van der Waals surface area contributed by atoms with Gasteiger partial charge < -0.3 is 9.80 Å². The fraction of sp³-hybridized carbons (Fsp3) is 0.725. The Morgan fingerprint density at radius 2 is 0.984 bits per heavy atom. The van der Waals surface area contributed by atoms with E-state index in [0.717, 1.165) is 116 Å². The molecule has 0 radical (unpaired) electrons. The normalized spacial score (nSPS) is 32.3. The highest BCUT2D eigenvalue weighted by Crippen LogP contribution is 2.47. The van der Waals surface area contributed by atoms with Gasteiger partial charge in [0.15, 0.2) is 12.2 Å². The summed E-state index contributed by atoms with van der Waals surface area (Å²) in [6, 6.07) is 21.9. The average molecular weight is 839 g/mol. The minimum atomic E-state index is -0.557. The van der Waals surface area contributed by atoms with Crippen LogP contribution in [0.2, 0.25) is 0 Å². The molecule has 2 aromatic carbocycles. The van der Waals surface area contributed by atoms with Crippen molar-refractivity contribution >= 4 is 11.8 Å². The number of likely N-dealkylation sites (tertiary alicyclic amines) is 4. The summed E-state index contributed by atoms with van der Waals surface area (Å²) in [5, 5.41) is 4.47. The SMILES string of the molecule is C[C@@H]1CN(C2CCN(Cc3ccccc3)CC2)C(=O)[C@H]1ON1C(C)(C)CCCC1(C)C[C@H]1CN(C2CCN(Cc3ccccc3)CC2)C(=O)[C@@H]1ON1C(C)(C)CCCC1(C)C. The molecule has 6 saturated heterocycles. The van der Waals surface area contributed by atoms with Gasteiger partial charge in [0.1, 0.15) is 0 Å². The van der Waals surface area contributed by atoms with Crippen LogP contribution in [0.5, 0.6) is 0 Å². The Labute approximate surface area is 368 Å². The summed E-state index contributed by atoms with van der Waals surface area (Å²) in [7, 11) is 0. The number of carbonyl (C=O) groups is 2. The predicted molar refractivity (Wildman–Crippen MR) is 242 cm³/mol. The van der Waals surface area contributed by atoms with Gasteiger partial charge in [-0.3, -0.25) is 29.1 Å². The summed E-state index contributed by atoms with van der Waals surface area (Å²) in [5.74, 6) is 0.379. The number of hydrogen-bond acceptors (Lipinski definition) is 8. The maximum absolute atomic E-state index is 15.0. The molecule has 0 aromatic heterocycles. The molecular formula is C51H78N6O4. The molecule has 336 valence electrons. The highest BCUT2D eigenvalue weighted by atomic mass is 16.7. The Balaban J connectivity index is 0.983. The van der Waals surface area contributed by atoms with Crippen molar-refractivity contribution in [3.05, 3.63) is 71.8 Å². The zero-order valence-electron chi connectivity index (χ0n) is 39.0. The molecule has 2 amide bonds. The Bertz CT molecular complexity index is 1770. The zero-order valence-corrected chi connectivity index (χ0v) is 39.0. The summed E-state index contributed by atoms with van der Waals surface area (Å²) < 4.78 is 0. The quantitative estimate of drug-likeness (QED) is 0.212. The molecular weight excluding hydrogens is 761 g/mol. The fourth-order valence-corrected chi connectivity index (χ4v) is 12.6. The molecule has 8 rings (SSSR count). The molecule has 6 fully saturated rings. The smallest absolute Gasteiger partial charge is 0.254 e. The zero-order chi connectivity index (χ0) is 43.2. The summed E-state index contributed by atoms with van der Waals surface area (Å²) >= 11 is 0. The third-order valence-electron chi connectivity index (χ3n) is 15.8. The molecule has 10 heteroatoms. The number of rotatable bonds is 12. The van der Waals surface area contributed by atoms with Crippen LogP contribution in [0.3, 0.4) is 0 Å². The minimum absolute atomic E-state index is 0.0114. The Morgan fingerprint density at radius 3 is 1.49 bits per heavy atom. The number of amides is 2. The lowest BCUT2D eigenvalue weighted by molar-refractivity contribution is -0.318. The van der Waals surface area contributed by atoms with E-state index in [4.69, 9.17) is 9.68 Å². The van der Waals surface area contributed by atoms with Gasteiger partial charge in [0.25, 0.3) is 11.8 Å². The van der Waals surface area contributed by atoms with Crippen molar-refractivity contribution in [1.29, 1.82) is 0 Å². The third-order valence-corrected chi connectivity index (χ3v) is 15.8. The van der Waals surface area contributed by atoms with Crippen molar-refractivity contribution in [2.45, 2.75) is 186 Å². The number of carbonyl (C=O) groups excluding carboxylic acids is 2. The van der Waals surface area contributed by atoms with Gasteiger partial charge in [-0.1, -0.05) is 67.6 Å². The highest BCUT2D eigenvalue weighted by Gasteiger charge is 2.56. The van der Waals surface area contributed by atoms with E-state index in [2.05, 4.69) is 146 Å². The van der Waals surface area contributed by atoms with Crippen molar-refractivity contribution in [1.82, 2.24) is 29.7 Å². The molecule has 6 aliphatic rings. The van der Waals surface area contributed by atoms with Gasteiger partial charge in [0.2, 0.25) is 0 Å².